The van der Waals surface area contributed by atoms with Crippen molar-refractivity contribution in [2.75, 3.05) is 0 Å². The van der Waals surface area contributed by atoms with Crippen molar-refractivity contribution in [3.63, 3.8) is 0 Å². The Bertz CT molecular complexity index is 106. The van der Waals surface area contributed by atoms with Crippen LogP contribution in [0.3, 0.4) is 0 Å². The van der Waals surface area contributed by atoms with Crippen molar-refractivity contribution in [2.24, 2.45) is 0 Å². The van der Waals surface area contributed by atoms with Crippen LogP contribution in [0, 0.1) is 0 Å². The Morgan fingerprint density at radius 3 is 1.12 bits per heavy atom. The number of rotatable bonds is 0. The molecule has 0 unspecified atom stereocenters. The second-order valence-corrected chi connectivity index (χ2v) is 1.22. The molecule has 0 N–H and O–H groups in total. The van der Waals surface area contributed by atoms with Crippen LogP contribution in [0.4, 0.5) is 0 Å². The molecular formula is FeMgO5S. The third-order valence-corrected chi connectivity index (χ3v) is 0. The molecule has 0 saturated carbocycles. The Labute approximate surface area is 70.6 Å². The molecule has 0 heterocycles. The molecule has 0 bridgehead atoms. The Morgan fingerprint density at radius 2 is 1.12 bits per heavy atom. The molecule has 8 heteroatoms. The van der Waals surface area contributed by atoms with Gasteiger partial charge in [0.1, 0.15) is 0 Å². The molecule has 0 radical (unpaired) electrons. The van der Waals surface area contributed by atoms with Crippen molar-refractivity contribution in [1.29, 1.82) is 0 Å². The average Bonchev–Trinajstić information content (AvgIpc) is 1.36. The fourth-order valence-corrected chi connectivity index (χ4v) is 0. The van der Waals surface area contributed by atoms with Gasteiger partial charge in [0.2, 0.25) is 0 Å². The summed E-state index contributed by atoms with van der Waals surface area (Å²) < 4.78 is 42.1. The van der Waals surface area contributed by atoms with E-state index < -0.39 is 10.4 Å². The van der Waals surface area contributed by atoms with Crippen LogP contribution in [0.5, 0.6) is 0 Å². The topological polar surface area (TPSA) is 97.3 Å². The Kier molecular flexibility index (Phi) is 15.9. The summed E-state index contributed by atoms with van der Waals surface area (Å²) in [6, 6.07) is 0. The molecule has 0 atom stereocenters. The molecule has 0 aliphatic carbocycles. The summed E-state index contributed by atoms with van der Waals surface area (Å²) in [5, 5.41) is 0. The van der Waals surface area contributed by atoms with E-state index in [-0.39, 0.29) is 23.1 Å². The van der Waals surface area contributed by atoms with Gasteiger partial charge in [0.15, 0.2) is 0 Å². The van der Waals surface area contributed by atoms with Gasteiger partial charge in [0.25, 0.3) is 0 Å². The van der Waals surface area contributed by atoms with E-state index in [0.29, 0.717) is 0 Å². The quantitative estimate of drug-likeness (QED) is 0.255. The van der Waals surface area contributed by atoms with E-state index in [9.17, 15) is 0 Å². The van der Waals surface area contributed by atoms with Gasteiger partial charge in [0, 0.05) is 10.4 Å². The minimum atomic E-state index is -5.17. The molecule has 0 amide bonds. The summed E-state index contributed by atoms with van der Waals surface area (Å²) in [6.07, 6.45) is 0. The fraction of sp³-hybridized carbons (Fsp3) is 0. The molecule has 8 heavy (non-hydrogen) atoms. The van der Waals surface area contributed by atoms with Gasteiger partial charge < -0.3 is 9.11 Å². The van der Waals surface area contributed by atoms with Crippen LogP contribution in [0.2, 0.25) is 0 Å². The molecule has 0 fully saturated rings. The van der Waals surface area contributed by atoms with Crippen LogP contribution in [0.25, 0.3) is 0 Å². The summed E-state index contributed by atoms with van der Waals surface area (Å²) in [5.74, 6) is 0. The molecule has 0 aliphatic rings. The van der Waals surface area contributed by atoms with Gasteiger partial charge in [-0.25, -0.2) is 0 Å². The van der Waals surface area contributed by atoms with E-state index in [1.165, 1.54) is 0 Å². The summed E-state index contributed by atoms with van der Waals surface area (Å²) in [7, 11) is -5.17. The van der Waals surface area contributed by atoms with Crippen LogP contribution in [-0.2, 0) is 30.2 Å². The molecule has 0 spiro atoms. The van der Waals surface area contributed by atoms with Gasteiger partial charge >= 0.3 is 42.8 Å². The van der Waals surface area contributed by atoms with E-state index in [0.717, 1.165) is 0 Å². The Balaban J connectivity index is -0.0000000750. The van der Waals surface area contributed by atoms with Crippen LogP contribution >= 0.6 is 0 Å². The minimum absolute atomic E-state index is 0. The van der Waals surface area contributed by atoms with E-state index in [1.54, 1.807) is 0 Å². The first-order chi connectivity index (χ1) is 3.00. The van der Waals surface area contributed by atoms with Gasteiger partial charge in [-0.05, 0) is 0 Å². The summed E-state index contributed by atoms with van der Waals surface area (Å²) in [5.41, 5.74) is 0. The predicted molar refractivity (Wildman–Crippen MR) is 16.9 cm³/mol. The van der Waals surface area contributed by atoms with Gasteiger partial charge in [-0.3, -0.25) is 8.42 Å². The molecule has 0 aromatic rings. The number of hydrogen-bond acceptors (Lipinski definition) is 5. The van der Waals surface area contributed by atoms with E-state index in [2.05, 4.69) is 0 Å². The van der Waals surface area contributed by atoms with E-state index >= 15 is 0 Å². The summed E-state index contributed by atoms with van der Waals surface area (Å²) in [6.45, 7) is 0. The molecule has 0 aromatic heterocycles. The van der Waals surface area contributed by atoms with Crippen molar-refractivity contribution in [3.05, 3.63) is 0 Å². The molecule has 0 aliphatic heterocycles. The summed E-state index contributed by atoms with van der Waals surface area (Å²) in [4.78, 5) is 0. The molecule has 0 saturated heterocycles. The van der Waals surface area contributed by atoms with Gasteiger partial charge in [-0.15, -0.1) is 0 Å². The van der Waals surface area contributed by atoms with Gasteiger partial charge in [0.05, 0.1) is 0 Å². The molecule has 0 rings (SSSR count). The fourth-order valence-electron chi connectivity index (χ4n) is 0. The maximum absolute atomic E-state index is 8.52. The Morgan fingerprint density at radius 1 is 1.12 bits per heavy atom. The van der Waals surface area contributed by atoms with E-state index in [4.69, 9.17) is 21.4 Å². The second-order valence-electron chi connectivity index (χ2n) is 0.408. The zero-order chi connectivity index (χ0) is 6.50. The second kappa shape index (κ2) is 7.96. The van der Waals surface area contributed by atoms with Crippen LogP contribution in [0.15, 0.2) is 0 Å². The summed E-state index contributed by atoms with van der Waals surface area (Å²) >= 11 is 2.00. The number of hydrogen-bond donors (Lipinski definition) is 0. The first kappa shape index (κ1) is 16.0. The van der Waals surface area contributed by atoms with Crippen molar-refractivity contribution >= 4 is 33.5 Å². The zero-order valence-corrected chi connectivity index (χ0v) is 6.85. The SMILES string of the molecule is O=S(=O)([O-])[O-].[Mg+2].[O]=[Fe]. The zero-order valence-electron chi connectivity index (χ0n) is 3.51. The van der Waals surface area contributed by atoms with E-state index in [1.807, 2.05) is 15.9 Å². The van der Waals surface area contributed by atoms with Crippen molar-refractivity contribution in [2.45, 2.75) is 0 Å². The predicted octanol–water partition coefficient (Wildman–Crippen LogP) is -1.84. The van der Waals surface area contributed by atoms with Gasteiger partial charge in [-0.2, -0.15) is 0 Å². The third kappa shape index (κ3) is 270. The van der Waals surface area contributed by atoms with Crippen LogP contribution < -0.4 is 0 Å². The molecule has 46 valence electrons. The maximum atomic E-state index is 8.52. The molecule has 0 aromatic carbocycles. The van der Waals surface area contributed by atoms with Crippen LogP contribution in [0.1, 0.15) is 0 Å². The third-order valence-electron chi connectivity index (χ3n) is 0. The standard InChI is InChI=1S/Fe.Mg.H2O4S.O/c;;1-5(2,3)4;/h;;(H2,1,2,3,4);/q;+2;;/p-2. The van der Waals surface area contributed by atoms with Gasteiger partial charge in [-0.1, -0.05) is 0 Å². The van der Waals surface area contributed by atoms with Crippen molar-refractivity contribution in [3.8, 4) is 0 Å². The Hall–Kier alpha value is 0.956. The average molecular weight is 192 g/mol. The first-order valence-electron chi connectivity index (χ1n) is 0.811. The monoisotopic (exact) mass is 192 g/mol. The van der Waals surface area contributed by atoms with Crippen molar-refractivity contribution in [1.82, 2.24) is 0 Å². The first-order valence-corrected chi connectivity index (χ1v) is 2.60. The van der Waals surface area contributed by atoms with Crippen LogP contribution in [-0.4, -0.2) is 40.6 Å². The molecular weight excluding hydrogens is 192 g/mol. The van der Waals surface area contributed by atoms with Crippen molar-refractivity contribution < 1.29 is 37.3 Å². The molecule has 5 nitrogen and oxygen atoms in total. The normalized spacial score (nSPS) is 7.88.